The number of rotatable bonds is 7. The van der Waals surface area contributed by atoms with Gasteiger partial charge in [-0.2, -0.15) is 0 Å². The highest BCUT2D eigenvalue weighted by atomic mass is 16.5. The molecule has 0 saturated carbocycles. The molecule has 7 nitrogen and oxygen atoms in total. The Kier molecular flexibility index (Phi) is 7.15. The van der Waals surface area contributed by atoms with Gasteiger partial charge >= 0.3 is 0 Å². The van der Waals surface area contributed by atoms with Gasteiger partial charge in [-0.1, -0.05) is 17.0 Å². The zero-order chi connectivity index (χ0) is 21.5. The summed E-state index contributed by atoms with van der Waals surface area (Å²) in [4.78, 5) is 6.61. The number of aliphatic hydroxyl groups excluding tert-OH is 1. The Labute approximate surface area is 182 Å². The molecule has 1 aromatic carbocycles. The van der Waals surface area contributed by atoms with E-state index < -0.39 is 6.10 Å². The van der Waals surface area contributed by atoms with Gasteiger partial charge in [0.1, 0.15) is 17.6 Å². The third-order valence-electron chi connectivity index (χ3n) is 5.29. The van der Waals surface area contributed by atoms with Crippen LogP contribution < -0.4 is 0 Å². The molecular weight excluding hydrogens is 392 g/mol. The van der Waals surface area contributed by atoms with Crippen LogP contribution in [0.4, 0.5) is 0 Å². The number of nitrogens with zero attached hydrogens (tertiary/aromatic N) is 4. The second-order valence-electron chi connectivity index (χ2n) is 7.71. The van der Waals surface area contributed by atoms with E-state index in [4.69, 9.17) is 9.26 Å². The summed E-state index contributed by atoms with van der Waals surface area (Å²) in [5, 5.41) is 13.9. The van der Waals surface area contributed by atoms with E-state index in [1.807, 2.05) is 41.1 Å². The lowest BCUT2D eigenvalue weighted by atomic mass is 10.1. The lowest BCUT2D eigenvalue weighted by molar-refractivity contribution is 0.0376. The molecular formula is C24H28N4O3. The van der Waals surface area contributed by atoms with E-state index in [0.29, 0.717) is 18.1 Å². The fourth-order valence-corrected chi connectivity index (χ4v) is 3.62. The summed E-state index contributed by atoms with van der Waals surface area (Å²) in [5.74, 6) is 7.83. The summed E-state index contributed by atoms with van der Waals surface area (Å²) >= 11 is 0. The molecule has 0 radical (unpaired) electrons. The Balaban J connectivity index is 1.30. The van der Waals surface area contributed by atoms with Crippen LogP contribution in [0.15, 0.2) is 47.2 Å². The van der Waals surface area contributed by atoms with Crippen LogP contribution in [-0.4, -0.2) is 57.6 Å². The summed E-state index contributed by atoms with van der Waals surface area (Å²) in [6.45, 7) is 7.03. The Morgan fingerprint density at radius 1 is 1.19 bits per heavy atom. The van der Waals surface area contributed by atoms with Gasteiger partial charge in [-0.3, -0.25) is 4.90 Å². The van der Waals surface area contributed by atoms with Gasteiger partial charge in [0.15, 0.2) is 5.76 Å². The molecule has 1 atom stereocenters. The summed E-state index contributed by atoms with van der Waals surface area (Å²) in [6.07, 6.45) is 4.85. The van der Waals surface area contributed by atoms with Crippen molar-refractivity contribution in [3.8, 4) is 23.2 Å². The van der Waals surface area contributed by atoms with E-state index in [1.165, 1.54) is 0 Å². The van der Waals surface area contributed by atoms with Crippen molar-refractivity contribution in [2.45, 2.75) is 32.4 Å². The van der Waals surface area contributed by atoms with Crippen molar-refractivity contribution in [3.63, 3.8) is 0 Å². The topological polar surface area (TPSA) is 76.6 Å². The number of aromatic nitrogens is 3. The van der Waals surface area contributed by atoms with Crippen molar-refractivity contribution in [2.24, 2.45) is 0 Å². The van der Waals surface area contributed by atoms with Gasteiger partial charge in [0, 0.05) is 49.1 Å². The maximum Gasteiger partial charge on any atom is 0.167 e. The quantitative estimate of drug-likeness (QED) is 0.468. The van der Waals surface area contributed by atoms with Crippen molar-refractivity contribution >= 4 is 0 Å². The van der Waals surface area contributed by atoms with Crippen molar-refractivity contribution in [1.29, 1.82) is 0 Å². The third kappa shape index (κ3) is 5.82. The molecule has 1 unspecified atom stereocenters. The van der Waals surface area contributed by atoms with Crippen molar-refractivity contribution < 1.29 is 14.4 Å². The molecule has 0 bridgehead atoms. The molecule has 4 rings (SSSR count). The van der Waals surface area contributed by atoms with Gasteiger partial charge in [-0.25, -0.2) is 4.98 Å². The first-order valence-electron chi connectivity index (χ1n) is 10.7. The lowest BCUT2D eigenvalue weighted by Gasteiger charge is -2.26. The maximum absolute atomic E-state index is 9.79. The molecule has 1 aliphatic rings. The van der Waals surface area contributed by atoms with E-state index in [1.54, 1.807) is 13.1 Å². The Morgan fingerprint density at radius 2 is 2.00 bits per heavy atom. The molecule has 0 amide bonds. The van der Waals surface area contributed by atoms with Crippen molar-refractivity contribution in [3.05, 3.63) is 59.8 Å². The van der Waals surface area contributed by atoms with E-state index in [-0.39, 0.29) is 0 Å². The van der Waals surface area contributed by atoms with Gasteiger partial charge in [0.2, 0.25) is 0 Å². The lowest BCUT2D eigenvalue weighted by Crippen LogP contribution is -2.36. The van der Waals surface area contributed by atoms with Crippen LogP contribution in [0, 0.1) is 11.8 Å². The third-order valence-corrected chi connectivity index (χ3v) is 5.29. The molecule has 1 saturated heterocycles. The van der Waals surface area contributed by atoms with Crippen LogP contribution >= 0.6 is 0 Å². The van der Waals surface area contributed by atoms with Crippen LogP contribution in [0.3, 0.4) is 0 Å². The first-order chi connectivity index (χ1) is 15.2. The van der Waals surface area contributed by atoms with Gasteiger partial charge in [0.25, 0.3) is 0 Å². The summed E-state index contributed by atoms with van der Waals surface area (Å²) < 4.78 is 12.8. The molecule has 0 aliphatic carbocycles. The Morgan fingerprint density at radius 3 is 2.77 bits per heavy atom. The van der Waals surface area contributed by atoms with E-state index >= 15 is 0 Å². The first-order valence-corrected chi connectivity index (χ1v) is 10.7. The monoisotopic (exact) mass is 420 g/mol. The second-order valence-corrected chi connectivity index (χ2v) is 7.71. The van der Waals surface area contributed by atoms with Gasteiger partial charge in [0.05, 0.1) is 19.8 Å². The fraction of sp³-hybridized carbons (Fsp3) is 0.417. The molecule has 31 heavy (non-hydrogen) atoms. The number of imidazole rings is 1. The summed E-state index contributed by atoms with van der Waals surface area (Å²) in [5.41, 5.74) is 2.73. The van der Waals surface area contributed by atoms with E-state index in [9.17, 15) is 5.11 Å². The fourth-order valence-electron chi connectivity index (χ4n) is 3.62. The van der Waals surface area contributed by atoms with Crippen LogP contribution in [0.5, 0.6) is 0 Å². The zero-order valence-electron chi connectivity index (χ0n) is 17.8. The second kappa shape index (κ2) is 10.4. The predicted octanol–water partition coefficient (Wildman–Crippen LogP) is 3.10. The highest BCUT2D eigenvalue weighted by Gasteiger charge is 2.12. The number of benzene rings is 1. The SMILES string of the molecule is CC(O)c1nccn1Cc1cc(-c2ccc(C#CCCCN3CCOCC3)cc2)on1. The Hall–Kier alpha value is -2.92. The van der Waals surface area contributed by atoms with Crippen molar-refractivity contribution in [1.82, 2.24) is 19.6 Å². The summed E-state index contributed by atoms with van der Waals surface area (Å²) in [7, 11) is 0. The van der Waals surface area contributed by atoms with Crippen LogP contribution in [0.25, 0.3) is 11.3 Å². The number of ether oxygens (including phenoxy) is 1. The molecule has 3 heterocycles. The van der Waals surface area contributed by atoms with Gasteiger partial charge < -0.3 is 18.9 Å². The molecule has 1 N–H and O–H groups in total. The minimum atomic E-state index is -0.630. The number of hydrogen-bond donors (Lipinski definition) is 1. The molecule has 3 aromatic rings. The largest absolute Gasteiger partial charge is 0.385 e. The van der Waals surface area contributed by atoms with Gasteiger partial charge in [-0.05, 0) is 44.2 Å². The molecule has 1 aliphatic heterocycles. The minimum Gasteiger partial charge on any atom is -0.385 e. The maximum atomic E-state index is 9.79. The first kappa shape index (κ1) is 21.3. The average Bonchev–Trinajstić information content (AvgIpc) is 3.45. The average molecular weight is 421 g/mol. The molecule has 1 fully saturated rings. The molecule has 7 heteroatoms. The molecule has 2 aromatic heterocycles. The minimum absolute atomic E-state index is 0.498. The molecule has 0 spiro atoms. The van der Waals surface area contributed by atoms with E-state index in [0.717, 1.165) is 62.5 Å². The Bertz CT molecular complexity index is 1020. The normalized spacial score (nSPS) is 15.4. The highest BCUT2D eigenvalue weighted by Crippen LogP contribution is 2.22. The smallest absolute Gasteiger partial charge is 0.167 e. The van der Waals surface area contributed by atoms with Gasteiger partial charge in [-0.15, -0.1) is 0 Å². The number of unbranched alkanes of at least 4 members (excludes halogenated alkanes) is 1. The van der Waals surface area contributed by atoms with Crippen LogP contribution in [-0.2, 0) is 11.3 Å². The standard InChI is InChI=1S/C24H28N4O3/c1-19(29)24-25-10-12-28(24)18-22-17-23(31-26-22)21-8-6-20(7-9-21)5-3-2-4-11-27-13-15-30-16-14-27/h6-10,12,17,19,29H,2,4,11,13-16,18H2,1H3. The summed E-state index contributed by atoms with van der Waals surface area (Å²) in [6, 6.07) is 9.93. The highest BCUT2D eigenvalue weighted by molar-refractivity contribution is 5.59. The predicted molar refractivity (Wildman–Crippen MR) is 117 cm³/mol. The number of aliphatic hydroxyl groups is 1. The number of morpholine rings is 1. The molecule has 162 valence electrons. The van der Waals surface area contributed by atoms with Crippen LogP contribution in [0.1, 0.15) is 43.0 Å². The van der Waals surface area contributed by atoms with Crippen molar-refractivity contribution in [2.75, 3.05) is 32.8 Å². The zero-order valence-corrected chi connectivity index (χ0v) is 17.8. The van der Waals surface area contributed by atoms with Crippen LogP contribution in [0.2, 0.25) is 0 Å². The number of hydrogen-bond acceptors (Lipinski definition) is 6. The van der Waals surface area contributed by atoms with E-state index in [2.05, 4.69) is 26.9 Å².